The second-order valence-electron chi connectivity index (χ2n) is 4.98. The van der Waals surface area contributed by atoms with Crippen LogP contribution in [0.15, 0.2) is 30.3 Å². The number of nitrogens with zero attached hydrogens (tertiary/aromatic N) is 2. The number of thiazole rings is 1. The highest BCUT2D eigenvalue weighted by molar-refractivity contribution is 7.15. The molecule has 0 unspecified atom stereocenters. The van der Waals surface area contributed by atoms with E-state index < -0.39 is 0 Å². The van der Waals surface area contributed by atoms with Crippen LogP contribution in [0.2, 0.25) is 0 Å². The van der Waals surface area contributed by atoms with Gasteiger partial charge in [0.05, 0.1) is 5.69 Å². The predicted molar refractivity (Wildman–Crippen MR) is 92.6 cm³/mol. The van der Waals surface area contributed by atoms with Crippen molar-refractivity contribution in [2.45, 2.75) is 40.2 Å². The summed E-state index contributed by atoms with van der Waals surface area (Å²) in [6.07, 6.45) is 2.16. The van der Waals surface area contributed by atoms with E-state index in [2.05, 4.69) is 61.3 Å². The van der Waals surface area contributed by atoms with E-state index in [-0.39, 0.29) is 0 Å². The maximum Gasteiger partial charge on any atom is 0.190 e. The fourth-order valence-electron chi connectivity index (χ4n) is 2.31. The molecule has 0 aliphatic carbocycles. The van der Waals surface area contributed by atoms with E-state index in [1.807, 2.05) is 11.3 Å². The fraction of sp³-hybridized carbons (Fsp3) is 0.471. The first-order valence-corrected chi connectivity index (χ1v) is 8.63. The summed E-state index contributed by atoms with van der Waals surface area (Å²) in [6.45, 7) is 9.48. The van der Waals surface area contributed by atoms with Crippen LogP contribution in [0.3, 0.4) is 0 Å². The van der Waals surface area contributed by atoms with Crippen LogP contribution in [0.25, 0.3) is 0 Å². The van der Waals surface area contributed by atoms with Gasteiger partial charge in [-0.05, 0) is 38.4 Å². The molecular formula is C17H25N3S. The summed E-state index contributed by atoms with van der Waals surface area (Å²) in [5.74, 6) is 0. The van der Waals surface area contributed by atoms with Gasteiger partial charge in [0, 0.05) is 23.7 Å². The lowest BCUT2D eigenvalue weighted by Crippen LogP contribution is -2.15. The predicted octanol–water partition coefficient (Wildman–Crippen LogP) is 4.36. The molecule has 21 heavy (non-hydrogen) atoms. The van der Waals surface area contributed by atoms with Crippen molar-refractivity contribution in [1.82, 2.24) is 10.3 Å². The zero-order valence-corrected chi connectivity index (χ0v) is 14.0. The molecule has 0 atom stereocenters. The molecule has 1 N–H and O–H groups in total. The van der Waals surface area contributed by atoms with E-state index in [1.165, 1.54) is 16.3 Å². The van der Waals surface area contributed by atoms with Gasteiger partial charge in [0.25, 0.3) is 0 Å². The van der Waals surface area contributed by atoms with Crippen molar-refractivity contribution in [3.8, 4) is 0 Å². The Morgan fingerprint density at radius 2 is 1.90 bits per heavy atom. The summed E-state index contributed by atoms with van der Waals surface area (Å²) in [5.41, 5.74) is 2.44. The molecule has 0 radical (unpaired) electrons. The zero-order chi connectivity index (χ0) is 15.1. The van der Waals surface area contributed by atoms with Gasteiger partial charge >= 0.3 is 0 Å². The van der Waals surface area contributed by atoms with Gasteiger partial charge in [-0.25, -0.2) is 4.98 Å². The molecule has 1 aromatic carbocycles. The van der Waals surface area contributed by atoms with Crippen molar-refractivity contribution < 1.29 is 0 Å². The second kappa shape index (κ2) is 8.15. The van der Waals surface area contributed by atoms with E-state index in [4.69, 9.17) is 4.98 Å². The minimum absolute atomic E-state index is 0.932. The topological polar surface area (TPSA) is 28.2 Å². The van der Waals surface area contributed by atoms with Crippen molar-refractivity contribution in [2.24, 2.45) is 0 Å². The molecule has 114 valence electrons. The molecular weight excluding hydrogens is 278 g/mol. The van der Waals surface area contributed by atoms with Gasteiger partial charge in [-0.1, -0.05) is 43.4 Å². The van der Waals surface area contributed by atoms with Crippen LogP contribution in [0.5, 0.6) is 0 Å². The lowest BCUT2D eigenvalue weighted by Gasteiger charge is -2.19. The van der Waals surface area contributed by atoms with E-state index in [1.54, 1.807) is 0 Å². The van der Waals surface area contributed by atoms with Gasteiger partial charge in [-0.3, -0.25) is 0 Å². The summed E-state index contributed by atoms with van der Waals surface area (Å²) in [5, 5.41) is 4.59. The Labute approximate surface area is 132 Å². The SMILES string of the molecule is CCCNCc1sc(N(CC)c2ccccc2)nc1CC. The molecule has 0 saturated carbocycles. The fourth-order valence-corrected chi connectivity index (χ4v) is 3.52. The van der Waals surface area contributed by atoms with E-state index in [9.17, 15) is 0 Å². The Kier molecular flexibility index (Phi) is 6.21. The van der Waals surface area contributed by atoms with Gasteiger partial charge in [0.2, 0.25) is 0 Å². The Morgan fingerprint density at radius 3 is 2.52 bits per heavy atom. The lowest BCUT2D eigenvalue weighted by atomic mass is 10.3. The number of rotatable bonds is 8. The van der Waals surface area contributed by atoms with Crippen LogP contribution in [0.1, 0.15) is 37.8 Å². The molecule has 0 spiro atoms. The van der Waals surface area contributed by atoms with Crippen LogP contribution < -0.4 is 10.2 Å². The molecule has 3 nitrogen and oxygen atoms in total. The maximum atomic E-state index is 4.86. The Hall–Kier alpha value is -1.39. The summed E-state index contributed by atoms with van der Waals surface area (Å²) >= 11 is 1.81. The Bertz CT molecular complexity index is 536. The first-order valence-electron chi connectivity index (χ1n) is 7.82. The van der Waals surface area contributed by atoms with Crippen molar-refractivity contribution in [1.29, 1.82) is 0 Å². The molecule has 1 aromatic heterocycles. The van der Waals surface area contributed by atoms with E-state index in [0.717, 1.165) is 37.6 Å². The summed E-state index contributed by atoms with van der Waals surface area (Å²) < 4.78 is 0. The highest BCUT2D eigenvalue weighted by atomic mass is 32.1. The minimum Gasteiger partial charge on any atom is -0.318 e. The second-order valence-corrected chi connectivity index (χ2v) is 6.04. The van der Waals surface area contributed by atoms with Crippen molar-refractivity contribution in [3.63, 3.8) is 0 Å². The quantitative estimate of drug-likeness (QED) is 0.734. The van der Waals surface area contributed by atoms with Gasteiger partial charge in [-0.2, -0.15) is 0 Å². The average Bonchev–Trinajstić information content (AvgIpc) is 2.92. The minimum atomic E-state index is 0.932. The van der Waals surface area contributed by atoms with Crippen molar-refractivity contribution in [3.05, 3.63) is 40.9 Å². The third-order valence-electron chi connectivity index (χ3n) is 3.43. The van der Waals surface area contributed by atoms with Gasteiger partial charge in [0.1, 0.15) is 0 Å². The molecule has 2 rings (SSSR count). The largest absolute Gasteiger partial charge is 0.318 e. The smallest absolute Gasteiger partial charge is 0.190 e. The first-order chi connectivity index (χ1) is 10.3. The third-order valence-corrected chi connectivity index (χ3v) is 4.55. The molecule has 0 aliphatic heterocycles. The number of aryl methyl sites for hydroxylation is 1. The third kappa shape index (κ3) is 4.05. The Balaban J connectivity index is 2.22. The Morgan fingerprint density at radius 1 is 1.14 bits per heavy atom. The number of aromatic nitrogens is 1. The van der Waals surface area contributed by atoms with Crippen molar-refractivity contribution in [2.75, 3.05) is 18.0 Å². The number of nitrogens with one attached hydrogen (secondary N) is 1. The molecule has 4 heteroatoms. The van der Waals surface area contributed by atoms with Crippen LogP contribution >= 0.6 is 11.3 Å². The highest BCUT2D eigenvalue weighted by Gasteiger charge is 2.15. The highest BCUT2D eigenvalue weighted by Crippen LogP contribution is 2.31. The zero-order valence-electron chi connectivity index (χ0n) is 13.2. The standard InChI is InChI=1S/C17H25N3S/c1-4-12-18-13-16-15(5-2)19-17(21-16)20(6-3)14-10-8-7-9-11-14/h7-11,18H,4-6,12-13H2,1-3H3. The van der Waals surface area contributed by atoms with Crippen molar-refractivity contribution >= 4 is 22.2 Å². The number of benzene rings is 1. The monoisotopic (exact) mass is 303 g/mol. The molecule has 0 aliphatic rings. The average molecular weight is 303 g/mol. The molecule has 1 heterocycles. The molecule has 0 bridgehead atoms. The van der Waals surface area contributed by atoms with Gasteiger partial charge in [0.15, 0.2) is 5.13 Å². The van der Waals surface area contributed by atoms with Gasteiger partial charge < -0.3 is 10.2 Å². The maximum absolute atomic E-state index is 4.86. The number of anilines is 2. The summed E-state index contributed by atoms with van der Waals surface area (Å²) in [4.78, 5) is 8.51. The van der Waals surface area contributed by atoms with E-state index in [0.29, 0.717) is 0 Å². The van der Waals surface area contributed by atoms with Crippen LogP contribution in [-0.4, -0.2) is 18.1 Å². The van der Waals surface area contributed by atoms with Crippen LogP contribution in [0.4, 0.5) is 10.8 Å². The first kappa shape index (κ1) is 16.0. The molecule has 0 saturated heterocycles. The number of hydrogen-bond acceptors (Lipinski definition) is 4. The van der Waals surface area contributed by atoms with Crippen LogP contribution in [-0.2, 0) is 13.0 Å². The van der Waals surface area contributed by atoms with Gasteiger partial charge in [-0.15, -0.1) is 0 Å². The van der Waals surface area contributed by atoms with Crippen LogP contribution in [0, 0.1) is 0 Å². The summed E-state index contributed by atoms with van der Waals surface area (Å²) in [6, 6.07) is 10.5. The number of para-hydroxylation sites is 1. The molecule has 2 aromatic rings. The normalized spacial score (nSPS) is 10.8. The lowest BCUT2D eigenvalue weighted by molar-refractivity contribution is 0.676. The molecule has 0 fully saturated rings. The summed E-state index contributed by atoms with van der Waals surface area (Å²) in [7, 11) is 0. The van der Waals surface area contributed by atoms with E-state index >= 15 is 0 Å². The molecule has 0 amide bonds. The number of hydrogen-bond donors (Lipinski definition) is 1.